The standard InChI is InChI=1S/C8H11IN2S2/c1-2-5-4-12-8(11-5)7-10-3-6(9)13-7/h3,5,8,11H,2,4H2,1H3. The number of aromatic nitrogens is 1. The summed E-state index contributed by atoms with van der Waals surface area (Å²) in [6, 6.07) is 0.677. The van der Waals surface area contributed by atoms with Crippen LogP contribution < -0.4 is 5.32 Å². The summed E-state index contributed by atoms with van der Waals surface area (Å²) in [4.78, 5) is 4.39. The average molecular weight is 326 g/mol. The summed E-state index contributed by atoms with van der Waals surface area (Å²) < 4.78 is 1.27. The van der Waals surface area contributed by atoms with Crippen molar-refractivity contribution in [3.05, 3.63) is 14.1 Å². The number of rotatable bonds is 2. The third-order valence-corrected chi connectivity index (χ3v) is 5.29. The Kier molecular flexibility index (Phi) is 3.50. The predicted molar refractivity (Wildman–Crippen MR) is 67.2 cm³/mol. The maximum atomic E-state index is 4.39. The van der Waals surface area contributed by atoms with Gasteiger partial charge in [-0.15, -0.1) is 23.1 Å². The van der Waals surface area contributed by atoms with Crippen LogP contribution in [0.15, 0.2) is 6.20 Å². The second kappa shape index (κ2) is 4.46. The van der Waals surface area contributed by atoms with Crippen LogP contribution in [0.4, 0.5) is 0 Å². The van der Waals surface area contributed by atoms with Gasteiger partial charge < -0.3 is 0 Å². The molecule has 1 saturated heterocycles. The van der Waals surface area contributed by atoms with Crippen LogP contribution in [0.5, 0.6) is 0 Å². The van der Waals surface area contributed by atoms with Gasteiger partial charge >= 0.3 is 0 Å². The molecule has 13 heavy (non-hydrogen) atoms. The van der Waals surface area contributed by atoms with Crippen LogP contribution in [0, 0.1) is 2.88 Å². The smallest absolute Gasteiger partial charge is 0.121 e. The summed E-state index contributed by atoms with van der Waals surface area (Å²) >= 11 is 6.09. The van der Waals surface area contributed by atoms with Crippen LogP contribution in [-0.2, 0) is 0 Å². The number of thiazole rings is 1. The van der Waals surface area contributed by atoms with E-state index in [-0.39, 0.29) is 0 Å². The highest BCUT2D eigenvalue weighted by molar-refractivity contribution is 14.1. The summed E-state index contributed by atoms with van der Waals surface area (Å²) in [5.74, 6) is 1.22. The first kappa shape index (κ1) is 10.2. The molecule has 1 N–H and O–H groups in total. The molecular weight excluding hydrogens is 315 g/mol. The lowest BCUT2D eigenvalue weighted by Gasteiger charge is -2.08. The van der Waals surface area contributed by atoms with Gasteiger partial charge in [-0.3, -0.25) is 5.32 Å². The summed E-state index contributed by atoms with van der Waals surface area (Å²) in [6.07, 6.45) is 3.16. The largest absolute Gasteiger partial charge is 0.296 e. The van der Waals surface area contributed by atoms with Crippen LogP contribution in [0.2, 0.25) is 0 Å². The Bertz CT molecular complexity index is 289. The molecule has 5 heteroatoms. The maximum absolute atomic E-state index is 4.39. The number of nitrogens with zero attached hydrogens (tertiary/aromatic N) is 1. The van der Waals surface area contributed by atoms with E-state index in [2.05, 4.69) is 39.8 Å². The van der Waals surface area contributed by atoms with Gasteiger partial charge in [0, 0.05) is 11.8 Å². The fourth-order valence-corrected chi connectivity index (χ4v) is 4.29. The van der Waals surface area contributed by atoms with Crippen molar-refractivity contribution in [3.8, 4) is 0 Å². The van der Waals surface area contributed by atoms with Gasteiger partial charge in [-0.1, -0.05) is 6.92 Å². The SMILES string of the molecule is CCC1CSC(c2ncc(I)s2)N1. The molecule has 0 aromatic carbocycles. The van der Waals surface area contributed by atoms with Crippen LogP contribution in [0.1, 0.15) is 23.7 Å². The first-order valence-electron chi connectivity index (χ1n) is 4.28. The zero-order chi connectivity index (χ0) is 9.26. The normalized spacial score (nSPS) is 28.2. The molecule has 0 radical (unpaired) electrons. The van der Waals surface area contributed by atoms with E-state index in [0.717, 1.165) is 0 Å². The van der Waals surface area contributed by atoms with Crippen LogP contribution in [-0.4, -0.2) is 16.8 Å². The number of hydrogen-bond acceptors (Lipinski definition) is 4. The second-order valence-electron chi connectivity index (χ2n) is 2.99. The Hall–Kier alpha value is 0.670. The lowest BCUT2D eigenvalue weighted by molar-refractivity contribution is 0.560. The van der Waals surface area contributed by atoms with E-state index in [9.17, 15) is 0 Å². The first-order chi connectivity index (χ1) is 6.29. The Morgan fingerprint density at radius 2 is 2.62 bits per heavy atom. The molecule has 0 saturated carbocycles. The fraction of sp³-hybridized carbons (Fsp3) is 0.625. The minimum absolute atomic E-state index is 0.443. The van der Waals surface area contributed by atoms with E-state index in [4.69, 9.17) is 0 Å². The summed E-state index contributed by atoms with van der Waals surface area (Å²) in [5.41, 5.74) is 0. The quantitative estimate of drug-likeness (QED) is 0.846. The van der Waals surface area contributed by atoms with E-state index in [1.54, 1.807) is 11.3 Å². The molecule has 1 aromatic heterocycles. The van der Waals surface area contributed by atoms with Gasteiger partial charge in [0.15, 0.2) is 0 Å². The van der Waals surface area contributed by atoms with E-state index in [1.807, 2.05) is 18.0 Å². The lowest BCUT2D eigenvalue weighted by Crippen LogP contribution is -2.24. The molecule has 1 aliphatic rings. The monoisotopic (exact) mass is 326 g/mol. The van der Waals surface area contributed by atoms with Crippen molar-refractivity contribution >= 4 is 45.7 Å². The van der Waals surface area contributed by atoms with Crippen molar-refractivity contribution in [1.82, 2.24) is 10.3 Å². The zero-order valence-corrected chi connectivity index (χ0v) is 11.1. The predicted octanol–water partition coefficient (Wildman–Crippen LogP) is 2.86. The minimum atomic E-state index is 0.443. The summed E-state index contributed by atoms with van der Waals surface area (Å²) in [6.45, 7) is 2.23. The molecule has 0 bridgehead atoms. The van der Waals surface area contributed by atoms with Gasteiger partial charge in [0.05, 0.1) is 9.08 Å². The van der Waals surface area contributed by atoms with Crippen molar-refractivity contribution < 1.29 is 0 Å². The van der Waals surface area contributed by atoms with E-state index in [1.165, 1.54) is 20.1 Å². The first-order valence-corrected chi connectivity index (χ1v) is 7.23. The van der Waals surface area contributed by atoms with E-state index < -0.39 is 0 Å². The molecule has 2 nitrogen and oxygen atoms in total. The summed E-state index contributed by atoms with van der Waals surface area (Å²) in [5, 5.41) is 5.25. The van der Waals surface area contributed by atoms with Gasteiger partial charge in [-0.2, -0.15) is 0 Å². The Balaban J connectivity index is 2.03. The third-order valence-electron chi connectivity index (χ3n) is 2.06. The van der Waals surface area contributed by atoms with Crippen LogP contribution in [0.3, 0.4) is 0 Å². The van der Waals surface area contributed by atoms with Gasteiger partial charge in [0.25, 0.3) is 0 Å². The number of nitrogens with one attached hydrogen (secondary N) is 1. The Labute approximate surface area is 100 Å². The molecule has 0 aliphatic carbocycles. The lowest BCUT2D eigenvalue weighted by atomic mass is 10.3. The van der Waals surface area contributed by atoms with Crippen LogP contribution >= 0.6 is 45.7 Å². The maximum Gasteiger partial charge on any atom is 0.121 e. The topological polar surface area (TPSA) is 24.9 Å². The number of thioether (sulfide) groups is 1. The second-order valence-corrected chi connectivity index (χ2v) is 7.08. The molecular formula is C8H11IN2S2. The van der Waals surface area contributed by atoms with Crippen LogP contribution in [0.25, 0.3) is 0 Å². The number of hydrogen-bond donors (Lipinski definition) is 1. The highest BCUT2D eigenvalue weighted by Gasteiger charge is 2.26. The molecule has 0 amide bonds. The number of halogens is 1. The Morgan fingerprint density at radius 1 is 1.77 bits per heavy atom. The van der Waals surface area contributed by atoms with Crippen molar-refractivity contribution in [3.63, 3.8) is 0 Å². The minimum Gasteiger partial charge on any atom is -0.296 e. The molecule has 2 atom stereocenters. The molecule has 1 aromatic rings. The van der Waals surface area contributed by atoms with E-state index in [0.29, 0.717) is 11.4 Å². The molecule has 72 valence electrons. The highest BCUT2D eigenvalue weighted by Crippen LogP contribution is 2.35. The Morgan fingerprint density at radius 3 is 3.15 bits per heavy atom. The van der Waals surface area contributed by atoms with Gasteiger partial charge in [-0.05, 0) is 29.0 Å². The zero-order valence-electron chi connectivity index (χ0n) is 7.29. The average Bonchev–Trinajstić information content (AvgIpc) is 2.71. The van der Waals surface area contributed by atoms with Crippen molar-refractivity contribution in [2.75, 3.05) is 5.75 Å². The molecule has 2 unspecified atom stereocenters. The molecule has 2 heterocycles. The third kappa shape index (κ3) is 2.37. The molecule has 1 fully saturated rings. The summed E-state index contributed by atoms with van der Waals surface area (Å²) in [7, 11) is 0. The van der Waals surface area contributed by atoms with E-state index >= 15 is 0 Å². The van der Waals surface area contributed by atoms with Crippen molar-refractivity contribution in [2.24, 2.45) is 0 Å². The molecule has 2 rings (SSSR count). The fourth-order valence-electron chi connectivity index (χ4n) is 1.29. The van der Waals surface area contributed by atoms with Gasteiger partial charge in [0.2, 0.25) is 0 Å². The molecule has 0 spiro atoms. The molecule has 1 aliphatic heterocycles. The van der Waals surface area contributed by atoms with Crippen molar-refractivity contribution in [1.29, 1.82) is 0 Å². The van der Waals surface area contributed by atoms with Gasteiger partial charge in [0.1, 0.15) is 10.4 Å². The highest BCUT2D eigenvalue weighted by atomic mass is 127. The van der Waals surface area contributed by atoms with Gasteiger partial charge in [-0.25, -0.2) is 4.98 Å². The van der Waals surface area contributed by atoms with Crippen molar-refractivity contribution in [2.45, 2.75) is 24.8 Å².